The van der Waals surface area contributed by atoms with Crippen molar-refractivity contribution in [3.05, 3.63) is 0 Å². The molecule has 0 aromatic rings. The van der Waals surface area contributed by atoms with Crippen LogP contribution in [0.4, 0.5) is 0 Å². The molecule has 2 unspecified atom stereocenters. The van der Waals surface area contributed by atoms with Crippen LogP contribution in [-0.2, 0) is 0 Å². The van der Waals surface area contributed by atoms with Gasteiger partial charge in [-0.05, 0) is 26.3 Å². The van der Waals surface area contributed by atoms with Crippen LogP contribution in [0, 0.1) is 11.3 Å². The SMILES string of the molecule is CC(C)NC1CCCN(C(C)C#N)C1. The molecule has 0 saturated carbocycles. The van der Waals surface area contributed by atoms with Gasteiger partial charge in [0.15, 0.2) is 0 Å². The molecular weight excluding hydrogens is 174 g/mol. The Morgan fingerprint density at radius 3 is 2.71 bits per heavy atom. The maximum Gasteiger partial charge on any atom is 0.0949 e. The van der Waals surface area contributed by atoms with Crippen molar-refractivity contribution in [1.82, 2.24) is 10.2 Å². The molecule has 3 heteroatoms. The molecule has 0 aromatic heterocycles. The van der Waals surface area contributed by atoms with Crippen molar-refractivity contribution >= 4 is 0 Å². The predicted molar refractivity (Wildman–Crippen MR) is 57.9 cm³/mol. The molecule has 2 atom stereocenters. The number of nitrogens with zero attached hydrogens (tertiary/aromatic N) is 2. The fourth-order valence-electron chi connectivity index (χ4n) is 2.05. The third-order valence-corrected chi connectivity index (χ3v) is 2.76. The fourth-order valence-corrected chi connectivity index (χ4v) is 2.05. The van der Waals surface area contributed by atoms with Crippen molar-refractivity contribution in [3.8, 4) is 6.07 Å². The summed E-state index contributed by atoms with van der Waals surface area (Å²) < 4.78 is 0. The summed E-state index contributed by atoms with van der Waals surface area (Å²) in [4.78, 5) is 2.27. The largest absolute Gasteiger partial charge is 0.311 e. The molecule has 0 aromatic carbocycles. The predicted octanol–water partition coefficient (Wildman–Crippen LogP) is 1.36. The van der Waals surface area contributed by atoms with Gasteiger partial charge in [-0.3, -0.25) is 4.90 Å². The molecule has 1 heterocycles. The molecule has 80 valence electrons. The lowest BCUT2D eigenvalue weighted by Gasteiger charge is -2.35. The van der Waals surface area contributed by atoms with E-state index in [0.29, 0.717) is 12.1 Å². The van der Waals surface area contributed by atoms with Gasteiger partial charge in [0.2, 0.25) is 0 Å². The van der Waals surface area contributed by atoms with Gasteiger partial charge in [0.25, 0.3) is 0 Å². The van der Waals surface area contributed by atoms with Crippen LogP contribution in [0.3, 0.4) is 0 Å². The summed E-state index contributed by atoms with van der Waals surface area (Å²) in [5, 5.41) is 12.4. The van der Waals surface area contributed by atoms with Gasteiger partial charge in [-0.1, -0.05) is 13.8 Å². The third-order valence-electron chi connectivity index (χ3n) is 2.76. The second kappa shape index (κ2) is 5.33. The van der Waals surface area contributed by atoms with Crippen LogP contribution in [0.25, 0.3) is 0 Å². The van der Waals surface area contributed by atoms with E-state index < -0.39 is 0 Å². The molecule has 0 spiro atoms. The molecular formula is C11H21N3. The minimum atomic E-state index is 0.0618. The Kier molecular flexibility index (Phi) is 4.37. The van der Waals surface area contributed by atoms with Crippen LogP contribution >= 0.6 is 0 Å². The Bertz CT molecular complexity index is 207. The van der Waals surface area contributed by atoms with E-state index in [1.807, 2.05) is 6.92 Å². The normalized spacial score (nSPS) is 26.1. The number of hydrogen-bond donors (Lipinski definition) is 1. The second-order valence-corrected chi connectivity index (χ2v) is 4.46. The number of likely N-dealkylation sites (tertiary alicyclic amines) is 1. The molecule has 0 bridgehead atoms. The van der Waals surface area contributed by atoms with Gasteiger partial charge >= 0.3 is 0 Å². The van der Waals surface area contributed by atoms with Gasteiger partial charge in [-0.25, -0.2) is 0 Å². The summed E-state index contributed by atoms with van der Waals surface area (Å²) >= 11 is 0. The zero-order valence-electron chi connectivity index (χ0n) is 9.45. The van der Waals surface area contributed by atoms with Gasteiger partial charge in [0, 0.05) is 18.6 Å². The minimum absolute atomic E-state index is 0.0618. The van der Waals surface area contributed by atoms with Crippen LogP contribution in [0.2, 0.25) is 0 Å². The first-order valence-electron chi connectivity index (χ1n) is 5.53. The summed E-state index contributed by atoms with van der Waals surface area (Å²) in [7, 11) is 0. The summed E-state index contributed by atoms with van der Waals surface area (Å²) in [6.07, 6.45) is 2.45. The minimum Gasteiger partial charge on any atom is -0.311 e. The zero-order valence-corrected chi connectivity index (χ0v) is 9.45. The first-order chi connectivity index (χ1) is 6.63. The van der Waals surface area contributed by atoms with E-state index in [1.165, 1.54) is 12.8 Å². The van der Waals surface area contributed by atoms with Crippen molar-refractivity contribution in [3.63, 3.8) is 0 Å². The van der Waals surface area contributed by atoms with Crippen LogP contribution in [0.15, 0.2) is 0 Å². The number of hydrogen-bond acceptors (Lipinski definition) is 3. The number of nitrogens with one attached hydrogen (secondary N) is 1. The molecule has 1 rings (SSSR count). The third kappa shape index (κ3) is 3.28. The molecule has 14 heavy (non-hydrogen) atoms. The maximum atomic E-state index is 8.84. The Labute approximate surface area is 87.1 Å². The average molecular weight is 195 g/mol. The average Bonchev–Trinajstić information content (AvgIpc) is 2.16. The summed E-state index contributed by atoms with van der Waals surface area (Å²) in [6, 6.07) is 3.48. The molecule has 0 aliphatic carbocycles. The molecule has 1 N–H and O–H groups in total. The lowest BCUT2D eigenvalue weighted by molar-refractivity contribution is 0.166. The molecule has 1 aliphatic heterocycles. The monoisotopic (exact) mass is 195 g/mol. The van der Waals surface area contributed by atoms with Gasteiger partial charge < -0.3 is 5.32 Å². The highest BCUT2D eigenvalue weighted by atomic mass is 15.2. The zero-order chi connectivity index (χ0) is 10.6. The van der Waals surface area contributed by atoms with E-state index in [-0.39, 0.29) is 6.04 Å². The fraction of sp³-hybridized carbons (Fsp3) is 0.909. The molecule has 0 radical (unpaired) electrons. The Morgan fingerprint density at radius 2 is 2.14 bits per heavy atom. The topological polar surface area (TPSA) is 39.1 Å². The first kappa shape index (κ1) is 11.5. The van der Waals surface area contributed by atoms with Crippen molar-refractivity contribution in [1.29, 1.82) is 5.26 Å². The van der Waals surface area contributed by atoms with E-state index in [2.05, 4.69) is 30.1 Å². The summed E-state index contributed by atoms with van der Waals surface area (Å²) in [5.41, 5.74) is 0. The van der Waals surface area contributed by atoms with Crippen LogP contribution in [0.1, 0.15) is 33.6 Å². The van der Waals surface area contributed by atoms with E-state index in [9.17, 15) is 0 Å². The smallest absolute Gasteiger partial charge is 0.0949 e. The van der Waals surface area contributed by atoms with E-state index in [4.69, 9.17) is 5.26 Å². The number of nitriles is 1. The van der Waals surface area contributed by atoms with E-state index in [1.54, 1.807) is 0 Å². The van der Waals surface area contributed by atoms with Gasteiger partial charge in [-0.15, -0.1) is 0 Å². The molecule has 0 amide bonds. The van der Waals surface area contributed by atoms with E-state index >= 15 is 0 Å². The molecule has 3 nitrogen and oxygen atoms in total. The Hall–Kier alpha value is -0.590. The van der Waals surface area contributed by atoms with Crippen LogP contribution in [-0.4, -0.2) is 36.1 Å². The first-order valence-corrected chi connectivity index (χ1v) is 5.53. The highest BCUT2D eigenvalue weighted by molar-refractivity contribution is 4.92. The lowest BCUT2D eigenvalue weighted by Crippen LogP contribution is -2.50. The van der Waals surface area contributed by atoms with Crippen molar-refractivity contribution < 1.29 is 0 Å². The molecule has 1 aliphatic rings. The molecule has 1 saturated heterocycles. The standard InChI is InChI=1S/C11H21N3/c1-9(2)13-11-5-4-6-14(8-11)10(3)7-12/h9-11,13H,4-6,8H2,1-3H3. The van der Waals surface area contributed by atoms with Gasteiger partial charge in [-0.2, -0.15) is 5.26 Å². The Morgan fingerprint density at radius 1 is 1.43 bits per heavy atom. The Balaban J connectivity index is 2.40. The van der Waals surface area contributed by atoms with Crippen LogP contribution in [0.5, 0.6) is 0 Å². The molecule has 1 fully saturated rings. The maximum absolute atomic E-state index is 8.84. The number of rotatable bonds is 3. The lowest BCUT2D eigenvalue weighted by atomic mass is 10.0. The highest BCUT2D eigenvalue weighted by Gasteiger charge is 2.23. The quantitative estimate of drug-likeness (QED) is 0.739. The summed E-state index contributed by atoms with van der Waals surface area (Å²) in [5.74, 6) is 0. The van der Waals surface area contributed by atoms with E-state index in [0.717, 1.165) is 13.1 Å². The van der Waals surface area contributed by atoms with Gasteiger partial charge in [0.05, 0.1) is 12.1 Å². The van der Waals surface area contributed by atoms with Gasteiger partial charge in [0.1, 0.15) is 0 Å². The van der Waals surface area contributed by atoms with Crippen molar-refractivity contribution in [2.24, 2.45) is 0 Å². The summed E-state index contributed by atoms with van der Waals surface area (Å²) in [6.45, 7) is 8.43. The number of piperidine rings is 1. The van der Waals surface area contributed by atoms with Crippen molar-refractivity contribution in [2.45, 2.75) is 51.7 Å². The van der Waals surface area contributed by atoms with Crippen LogP contribution < -0.4 is 5.32 Å². The second-order valence-electron chi connectivity index (χ2n) is 4.46. The highest BCUT2D eigenvalue weighted by Crippen LogP contribution is 2.13. The van der Waals surface area contributed by atoms with Crippen molar-refractivity contribution in [2.75, 3.05) is 13.1 Å².